The monoisotopic (exact) mass is 272 g/mol. The third-order valence-electron chi connectivity index (χ3n) is 2.32. The minimum Gasteiger partial charge on any atom is -0.444 e. The van der Waals surface area contributed by atoms with Crippen molar-refractivity contribution in [3.63, 3.8) is 0 Å². The van der Waals surface area contributed by atoms with Gasteiger partial charge in [0.1, 0.15) is 5.60 Å². The van der Waals surface area contributed by atoms with Crippen LogP contribution in [0, 0.1) is 0 Å². The zero-order chi connectivity index (χ0) is 14.7. The van der Waals surface area contributed by atoms with Gasteiger partial charge in [-0.25, -0.2) is 4.79 Å². The van der Waals surface area contributed by atoms with Crippen molar-refractivity contribution in [2.24, 2.45) is 0 Å². The van der Waals surface area contributed by atoms with E-state index in [9.17, 15) is 4.79 Å². The number of hydrogen-bond donors (Lipinski definition) is 2. The van der Waals surface area contributed by atoms with Gasteiger partial charge in [-0.15, -0.1) is 6.58 Å². The Morgan fingerprint density at radius 3 is 2.63 bits per heavy atom. The molecule has 0 aliphatic heterocycles. The van der Waals surface area contributed by atoms with Gasteiger partial charge in [0, 0.05) is 26.2 Å². The maximum atomic E-state index is 11.4. The molecule has 0 aliphatic rings. The van der Waals surface area contributed by atoms with Gasteiger partial charge in [-0.05, 0) is 33.6 Å². The smallest absolute Gasteiger partial charge is 0.407 e. The van der Waals surface area contributed by atoms with E-state index in [0.29, 0.717) is 13.2 Å². The molecule has 1 unspecified atom stereocenters. The van der Waals surface area contributed by atoms with Crippen LogP contribution in [0.25, 0.3) is 0 Å². The first-order valence-corrected chi connectivity index (χ1v) is 6.69. The quantitative estimate of drug-likeness (QED) is 0.498. The topological polar surface area (TPSA) is 59.6 Å². The molecule has 5 heteroatoms. The van der Waals surface area contributed by atoms with Crippen LogP contribution in [-0.4, -0.2) is 44.5 Å². The van der Waals surface area contributed by atoms with Gasteiger partial charge < -0.3 is 20.1 Å². The van der Waals surface area contributed by atoms with E-state index in [1.165, 1.54) is 0 Å². The summed E-state index contributed by atoms with van der Waals surface area (Å²) in [6.07, 6.45) is 3.26. The molecule has 0 radical (unpaired) electrons. The third-order valence-corrected chi connectivity index (χ3v) is 2.32. The number of carbonyl (C=O) groups is 1. The van der Waals surface area contributed by atoms with Gasteiger partial charge in [-0.1, -0.05) is 6.08 Å². The Morgan fingerprint density at radius 1 is 1.42 bits per heavy atom. The number of nitrogens with one attached hydrogen (secondary N) is 2. The number of rotatable bonds is 9. The molecule has 0 aromatic carbocycles. The van der Waals surface area contributed by atoms with E-state index in [1.54, 1.807) is 7.11 Å². The van der Waals surface area contributed by atoms with Crippen molar-refractivity contribution < 1.29 is 14.3 Å². The summed E-state index contributed by atoms with van der Waals surface area (Å²) in [5.41, 5.74) is -0.450. The van der Waals surface area contributed by atoms with Crippen LogP contribution in [-0.2, 0) is 9.47 Å². The van der Waals surface area contributed by atoms with Gasteiger partial charge in [0.05, 0.1) is 6.61 Å². The molecule has 1 amide bonds. The molecule has 19 heavy (non-hydrogen) atoms. The first-order valence-electron chi connectivity index (χ1n) is 6.69. The first kappa shape index (κ1) is 17.9. The average Bonchev–Trinajstić information content (AvgIpc) is 2.29. The van der Waals surface area contributed by atoms with E-state index < -0.39 is 5.60 Å². The van der Waals surface area contributed by atoms with E-state index in [4.69, 9.17) is 9.47 Å². The van der Waals surface area contributed by atoms with Crippen molar-refractivity contribution in [2.75, 3.05) is 26.8 Å². The molecule has 112 valence electrons. The predicted octanol–water partition coefficient (Wildman–Crippen LogP) is 2.08. The van der Waals surface area contributed by atoms with Gasteiger partial charge in [0.2, 0.25) is 0 Å². The van der Waals surface area contributed by atoms with Crippen LogP contribution in [0.4, 0.5) is 4.79 Å². The van der Waals surface area contributed by atoms with E-state index >= 15 is 0 Å². The fourth-order valence-corrected chi connectivity index (χ4v) is 1.55. The van der Waals surface area contributed by atoms with Crippen LogP contribution in [0.1, 0.15) is 33.6 Å². The second-order valence-corrected chi connectivity index (χ2v) is 5.42. The second-order valence-electron chi connectivity index (χ2n) is 5.42. The SMILES string of the molecule is C=CCNC(CCCNC(=O)OC(C)(C)C)COC. The summed E-state index contributed by atoms with van der Waals surface area (Å²) < 4.78 is 10.3. The molecule has 2 N–H and O–H groups in total. The molecule has 0 saturated heterocycles. The number of alkyl carbamates (subject to hydrolysis) is 1. The molecule has 0 aromatic heterocycles. The lowest BCUT2D eigenvalue weighted by Crippen LogP contribution is -2.36. The first-order chi connectivity index (χ1) is 8.89. The largest absolute Gasteiger partial charge is 0.444 e. The highest BCUT2D eigenvalue weighted by Gasteiger charge is 2.15. The van der Waals surface area contributed by atoms with Crippen molar-refractivity contribution in [2.45, 2.75) is 45.3 Å². The van der Waals surface area contributed by atoms with E-state index in [2.05, 4.69) is 17.2 Å². The van der Waals surface area contributed by atoms with Crippen LogP contribution in [0.15, 0.2) is 12.7 Å². The van der Waals surface area contributed by atoms with Gasteiger partial charge in [0.25, 0.3) is 0 Å². The molecule has 0 rings (SSSR count). The highest BCUT2D eigenvalue weighted by molar-refractivity contribution is 5.67. The highest BCUT2D eigenvalue weighted by Crippen LogP contribution is 2.06. The summed E-state index contributed by atoms with van der Waals surface area (Å²) in [7, 11) is 1.68. The Bertz CT molecular complexity index is 262. The Kier molecular flexibility index (Phi) is 9.26. The van der Waals surface area contributed by atoms with Crippen molar-refractivity contribution in [3.8, 4) is 0 Å². The van der Waals surface area contributed by atoms with Crippen molar-refractivity contribution in [1.82, 2.24) is 10.6 Å². The normalized spacial score (nSPS) is 12.8. The second kappa shape index (κ2) is 9.81. The van der Waals surface area contributed by atoms with E-state index in [-0.39, 0.29) is 12.1 Å². The molecule has 0 aromatic rings. The molecule has 0 heterocycles. The molecule has 0 aliphatic carbocycles. The number of amides is 1. The lowest BCUT2D eigenvalue weighted by Gasteiger charge is -2.20. The lowest BCUT2D eigenvalue weighted by molar-refractivity contribution is 0.0526. The number of ether oxygens (including phenoxy) is 2. The zero-order valence-corrected chi connectivity index (χ0v) is 12.6. The molecule has 0 fully saturated rings. The fourth-order valence-electron chi connectivity index (χ4n) is 1.55. The standard InChI is InChI=1S/C14H28N2O3/c1-6-9-15-12(11-18-5)8-7-10-16-13(17)19-14(2,3)4/h6,12,15H,1,7-11H2,2-5H3,(H,16,17). The van der Waals surface area contributed by atoms with Crippen LogP contribution in [0.3, 0.4) is 0 Å². The Labute approximate surface area is 116 Å². The van der Waals surface area contributed by atoms with E-state index in [1.807, 2.05) is 26.8 Å². The maximum absolute atomic E-state index is 11.4. The van der Waals surface area contributed by atoms with E-state index in [0.717, 1.165) is 19.4 Å². The van der Waals surface area contributed by atoms with Gasteiger partial charge in [-0.2, -0.15) is 0 Å². The summed E-state index contributed by atoms with van der Waals surface area (Å²) >= 11 is 0. The van der Waals surface area contributed by atoms with Crippen molar-refractivity contribution >= 4 is 6.09 Å². The zero-order valence-electron chi connectivity index (χ0n) is 12.6. The summed E-state index contributed by atoms with van der Waals surface area (Å²) in [4.78, 5) is 11.4. The van der Waals surface area contributed by atoms with Crippen molar-refractivity contribution in [1.29, 1.82) is 0 Å². The molecule has 0 bridgehead atoms. The number of carbonyl (C=O) groups excluding carboxylic acids is 1. The Hall–Kier alpha value is -1.07. The molecule has 5 nitrogen and oxygen atoms in total. The minimum atomic E-state index is -0.450. The van der Waals surface area contributed by atoms with Gasteiger partial charge in [0.15, 0.2) is 0 Å². The highest BCUT2D eigenvalue weighted by atomic mass is 16.6. The minimum absolute atomic E-state index is 0.281. The molecule has 0 spiro atoms. The van der Waals surface area contributed by atoms with Crippen LogP contribution >= 0.6 is 0 Å². The lowest BCUT2D eigenvalue weighted by atomic mass is 10.1. The number of methoxy groups -OCH3 is 1. The Morgan fingerprint density at radius 2 is 2.11 bits per heavy atom. The molecule has 0 saturated carbocycles. The molecular formula is C14H28N2O3. The summed E-state index contributed by atoms with van der Waals surface area (Å²) in [6, 6.07) is 0.281. The van der Waals surface area contributed by atoms with Gasteiger partial charge in [-0.3, -0.25) is 0 Å². The Balaban J connectivity index is 3.74. The molecular weight excluding hydrogens is 244 g/mol. The van der Waals surface area contributed by atoms with Crippen molar-refractivity contribution in [3.05, 3.63) is 12.7 Å². The third kappa shape index (κ3) is 11.7. The van der Waals surface area contributed by atoms with Gasteiger partial charge >= 0.3 is 6.09 Å². The average molecular weight is 272 g/mol. The van der Waals surface area contributed by atoms with Crippen LogP contribution in [0.5, 0.6) is 0 Å². The number of hydrogen-bond acceptors (Lipinski definition) is 4. The summed E-state index contributed by atoms with van der Waals surface area (Å²) in [5.74, 6) is 0. The maximum Gasteiger partial charge on any atom is 0.407 e. The van der Waals surface area contributed by atoms with Crippen LogP contribution in [0.2, 0.25) is 0 Å². The van der Waals surface area contributed by atoms with Crippen LogP contribution < -0.4 is 10.6 Å². The summed E-state index contributed by atoms with van der Waals surface area (Å²) in [5, 5.41) is 6.05. The predicted molar refractivity (Wildman–Crippen MR) is 77.3 cm³/mol. The molecule has 1 atom stereocenters. The fraction of sp³-hybridized carbons (Fsp3) is 0.786. The summed E-state index contributed by atoms with van der Waals surface area (Å²) in [6.45, 7) is 11.2.